The number of carbonyl (C=O) groups excluding carboxylic acids is 1. The van der Waals surface area contributed by atoms with Gasteiger partial charge in [0.25, 0.3) is 0 Å². The highest BCUT2D eigenvalue weighted by atomic mass is 32.2. The summed E-state index contributed by atoms with van der Waals surface area (Å²) in [6, 6.07) is 11.6. The van der Waals surface area contributed by atoms with Gasteiger partial charge in [0.15, 0.2) is 0 Å². The van der Waals surface area contributed by atoms with Crippen LogP contribution in [-0.4, -0.2) is 28.1 Å². The van der Waals surface area contributed by atoms with E-state index in [0.717, 1.165) is 5.75 Å². The summed E-state index contributed by atoms with van der Waals surface area (Å²) in [5.74, 6) is 0.820. The van der Waals surface area contributed by atoms with E-state index in [0.29, 0.717) is 12.4 Å². The molecule has 1 aromatic carbocycles. The summed E-state index contributed by atoms with van der Waals surface area (Å²) in [5, 5.41) is 3.91. The molecule has 19 heavy (non-hydrogen) atoms. The Labute approximate surface area is 115 Å². The monoisotopic (exact) mass is 277 g/mol. The molecule has 0 aliphatic rings. The van der Waals surface area contributed by atoms with E-state index in [1.54, 1.807) is 24.0 Å². The van der Waals surface area contributed by atoms with E-state index in [1.807, 2.05) is 30.3 Å². The molecule has 2 N–H and O–H groups in total. The maximum Gasteiger partial charge on any atom is 0.327 e. The van der Waals surface area contributed by atoms with Crippen LogP contribution in [0.1, 0.15) is 0 Å². The molecule has 0 fully saturated rings. The molecular weight excluding hydrogens is 262 g/mol. The number of benzene rings is 1. The lowest BCUT2D eigenvalue weighted by atomic mass is 10.4. The molecule has 1 heterocycles. The van der Waals surface area contributed by atoms with Crippen molar-refractivity contribution in [1.29, 1.82) is 0 Å². The molecule has 0 saturated carbocycles. The predicted octanol–water partition coefficient (Wildman–Crippen LogP) is 1.80. The number of rotatable bonds is 6. The third-order valence-electron chi connectivity index (χ3n) is 2.31. The highest BCUT2D eigenvalue weighted by Gasteiger charge is 2.05. The maximum absolute atomic E-state index is 11.5. The molecule has 6 heteroatoms. The number of hydrogen-bond acceptors (Lipinski definition) is 5. The van der Waals surface area contributed by atoms with Crippen molar-refractivity contribution in [2.24, 2.45) is 0 Å². The minimum Gasteiger partial charge on any atom is -0.463 e. The lowest BCUT2D eigenvalue weighted by Gasteiger charge is -2.05. The quantitative estimate of drug-likeness (QED) is 0.495. The van der Waals surface area contributed by atoms with Gasteiger partial charge in [-0.25, -0.2) is 0 Å². The average Bonchev–Trinajstić information content (AvgIpc) is 2.81. The summed E-state index contributed by atoms with van der Waals surface area (Å²) in [7, 11) is 0. The van der Waals surface area contributed by atoms with E-state index in [9.17, 15) is 4.79 Å². The summed E-state index contributed by atoms with van der Waals surface area (Å²) in [6.07, 6.45) is 1.65. The predicted molar refractivity (Wildman–Crippen MR) is 74.8 cm³/mol. The number of nitrogens with zero attached hydrogens (tertiary/aromatic N) is 2. The zero-order valence-corrected chi connectivity index (χ0v) is 11.2. The van der Waals surface area contributed by atoms with Gasteiger partial charge in [-0.05, 0) is 18.2 Å². The van der Waals surface area contributed by atoms with Gasteiger partial charge in [-0.2, -0.15) is 5.10 Å². The van der Waals surface area contributed by atoms with Crippen LogP contribution in [0.2, 0.25) is 0 Å². The molecule has 2 aromatic rings. The second kappa shape index (κ2) is 6.84. The summed E-state index contributed by atoms with van der Waals surface area (Å²) < 4.78 is 6.58. The molecule has 0 aliphatic carbocycles. The molecule has 0 spiro atoms. The Balaban J connectivity index is 1.64. The molecular formula is C13H15N3O2S. The van der Waals surface area contributed by atoms with Crippen LogP contribution in [0, 0.1) is 0 Å². The second-order valence-corrected chi connectivity index (χ2v) is 4.99. The fourth-order valence-corrected chi connectivity index (χ4v) is 2.23. The third-order valence-corrected chi connectivity index (χ3v) is 3.29. The molecule has 1 aromatic heterocycles. The Kier molecular flexibility index (Phi) is 4.85. The summed E-state index contributed by atoms with van der Waals surface area (Å²) in [5.41, 5.74) is 5.45. The number of nitrogens with two attached hydrogens (primary N) is 1. The number of thioether (sulfide) groups is 1. The Bertz CT molecular complexity index is 528. The molecule has 0 aliphatic heterocycles. The number of esters is 1. The first-order valence-corrected chi connectivity index (χ1v) is 6.85. The summed E-state index contributed by atoms with van der Waals surface area (Å²) in [6.45, 7) is 0.475. The third kappa shape index (κ3) is 4.67. The lowest BCUT2D eigenvalue weighted by molar-refractivity contribution is -0.143. The molecule has 0 bridgehead atoms. The standard InChI is InChI=1S/C13H15N3O2S/c14-12-6-7-16(15-12)10-13(17)18-8-9-19-11-4-2-1-3-5-11/h1-7H,8-10H2,(H2,14,15). The molecule has 100 valence electrons. The van der Waals surface area contributed by atoms with Crippen LogP contribution >= 0.6 is 11.8 Å². The van der Waals surface area contributed by atoms with Crippen molar-refractivity contribution in [3.05, 3.63) is 42.6 Å². The number of hydrogen-bond donors (Lipinski definition) is 1. The Morgan fingerprint density at radius 3 is 2.79 bits per heavy atom. The minimum atomic E-state index is -0.309. The van der Waals surface area contributed by atoms with Gasteiger partial charge in [-0.3, -0.25) is 9.48 Å². The summed E-state index contributed by atoms with van der Waals surface area (Å²) in [4.78, 5) is 12.7. The number of aromatic nitrogens is 2. The molecule has 0 saturated heterocycles. The van der Waals surface area contributed by atoms with Crippen molar-refractivity contribution in [3.63, 3.8) is 0 Å². The smallest absolute Gasteiger partial charge is 0.327 e. The van der Waals surface area contributed by atoms with Crippen LogP contribution < -0.4 is 5.73 Å². The molecule has 0 radical (unpaired) electrons. The normalized spacial score (nSPS) is 10.3. The Morgan fingerprint density at radius 2 is 2.11 bits per heavy atom. The van der Waals surface area contributed by atoms with Crippen molar-refractivity contribution in [2.45, 2.75) is 11.4 Å². The number of anilines is 1. The summed E-state index contributed by atoms with van der Waals surface area (Å²) >= 11 is 1.65. The molecule has 0 atom stereocenters. The zero-order valence-electron chi connectivity index (χ0n) is 10.4. The first kappa shape index (κ1) is 13.5. The van der Waals surface area contributed by atoms with Crippen molar-refractivity contribution in [2.75, 3.05) is 18.1 Å². The van der Waals surface area contributed by atoms with Gasteiger partial charge in [-0.15, -0.1) is 11.8 Å². The van der Waals surface area contributed by atoms with Gasteiger partial charge in [0.2, 0.25) is 0 Å². The van der Waals surface area contributed by atoms with Gasteiger partial charge < -0.3 is 10.5 Å². The molecule has 0 unspecified atom stereocenters. The van der Waals surface area contributed by atoms with E-state index in [4.69, 9.17) is 10.5 Å². The van der Waals surface area contributed by atoms with Crippen molar-refractivity contribution >= 4 is 23.5 Å². The van der Waals surface area contributed by atoms with Gasteiger partial charge in [0.1, 0.15) is 19.0 Å². The van der Waals surface area contributed by atoms with Gasteiger partial charge in [0, 0.05) is 16.8 Å². The molecule has 2 rings (SSSR count). The molecule has 0 amide bonds. The number of ether oxygens (including phenoxy) is 1. The first-order valence-electron chi connectivity index (χ1n) is 5.86. The van der Waals surface area contributed by atoms with E-state index in [1.165, 1.54) is 9.58 Å². The minimum absolute atomic E-state index is 0.0905. The number of carbonyl (C=O) groups is 1. The van der Waals surface area contributed by atoms with E-state index < -0.39 is 0 Å². The topological polar surface area (TPSA) is 70.1 Å². The first-order chi connectivity index (χ1) is 9.24. The van der Waals surface area contributed by atoms with Gasteiger partial charge in [-0.1, -0.05) is 18.2 Å². The van der Waals surface area contributed by atoms with Crippen LogP contribution in [0.5, 0.6) is 0 Å². The van der Waals surface area contributed by atoms with Crippen LogP contribution in [0.3, 0.4) is 0 Å². The van der Waals surface area contributed by atoms with Crippen LogP contribution in [0.15, 0.2) is 47.5 Å². The van der Waals surface area contributed by atoms with Crippen LogP contribution in [0.25, 0.3) is 0 Å². The maximum atomic E-state index is 11.5. The van der Waals surface area contributed by atoms with Gasteiger partial charge >= 0.3 is 5.97 Å². The number of nitrogen functional groups attached to an aromatic ring is 1. The fraction of sp³-hybridized carbons (Fsp3) is 0.231. The van der Waals surface area contributed by atoms with Gasteiger partial charge in [0.05, 0.1) is 0 Å². The highest BCUT2D eigenvalue weighted by molar-refractivity contribution is 7.99. The fourth-order valence-electron chi connectivity index (χ4n) is 1.48. The van der Waals surface area contributed by atoms with Crippen LogP contribution in [0.4, 0.5) is 5.82 Å². The van der Waals surface area contributed by atoms with Crippen LogP contribution in [-0.2, 0) is 16.1 Å². The molecule has 5 nitrogen and oxygen atoms in total. The average molecular weight is 277 g/mol. The Morgan fingerprint density at radius 1 is 1.32 bits per heavy atom. The van der Waals surface area contributed by atoms with E-state index >= 15 is 0 Å². The zero-order chi connectivity index (χ0) is 13.5. The second-order valence-electron chi connectivity index (χ2n) is 3.82. The van der Waals surface area contributed by atoms with Crippen molar-refractivity contribution in [3.8, 4) is 0 Å². The van der Waals surface area contributed by atoms with E-state index in [2.05, 4.69) is 5.10 Å². The van der Waals surface area contributed by atoms with Crippen molar-refractivity contribution < 1.29 is 9.53 Å². The highest BCUT2D eigenvalue weighted by Crippen LogP contribution is 2.16. The lowest BCUT2D eigenvalue weighted by Crippen LogP contribution is -2.15. The Hall–Kier alpha value is -1.95. The largest absolute Gasteiger partial charge is 0.463 e. The van der Waals surface area contributed by atoms with E-state index in [-0.39, 0.29) is 12.5 Å². The SMILES string of the molecule is Nc1ccn(CC(=O)OCCSc2ccccc2)n1. The van der Waals surface area contributed by atoms with Crippen molar-refractivity contribution in [1.82, 2.24) is 9.78 Å².